The van der Waals surface area contributed by atoms with Crippen molar-refractivity contribution in [1.82, 2.24) is 0 Å². The summed E-state index contributed by atoms with van der Waals surface area (Å²) in [6.45, 7) is 7.45. The Bertz CT molecular complexity index is 454. The fourth-order valence-electron chi connectivity index (χ4n) is 1.52. The van der Waals surface area contributed by atoms with E-state index < -0.39 is 0 Å². The van der Waals surface area contributed by atoms with Crippen molar-refractivity contribution in [3.8, 4) is 0 Å². The van der Waals surface area contributed by atoms with E-state index in [0.717, 1.165) is 11.4 Å². The molecule has 0 N–H and O–H groups in total. The third kappa shape index (κ3) is 2.76. The van der Waals surface area contributed by atoms with E-state index in [9.17, 15) is 0 Å². The number of hydrogen-bond acceptors (Lipinski definition) is 0. The van der Waals surface area contributed by atoms with Gasteiger partial charge in [0, 0.05) is 18.2 Å². The van der Waals surface area contributed by atoms with Gasteiger partial charge < -0.3 is 0 Å². The van der Waals surface area contributed by atoms with Crippen LogP contribution in [0.15, 0.2) is 55.8 Å². The lowest BCUT2D eigenvalue weighted by molar-refractivity contribution is -0.678. The lowest BCUT2D eigenvalue weighted by Crippen LogP contribution is -2.33. The smallest absolute Gasteiger partial charge is 0.196 e. The second-order valence-electron chi connectivity index (χ2n) is 3.48. The van der Waals surface area contributed by atoms with Crippen molar-refractivity contribution < 1.29 is 9.14 Å². The number of aromatic nitrogens is 1. The number of aryl methyl sites for hydroxylation is 1. The first-order valence-corrected chi connectivity index (χ1v) is 5.17. The van der Waals surface area contributed by atoms with Gasteiger partial charge in [0.15, 0.2) is 12.4 Å². The van der Waals surface area contributed by atoms with E-state index in [1.165, 1.54) is 0 Å². The van der Waals surface area contributed by atoms with Crippen molar-refractivity contribution in [3.05, 3.63) is 61.5 Å². The largest absolute Gasteiger partial charge is 0.277 e. The fourth-order valence-corrected chi connectivity index (χ4v) is 1.52. The van der Waals surface area contributed by atoms with E-state index in [1.54, 1.807) is 12.2 Å². The van der Waals surface area contributed by atoms with Gasteiger partial charge in [-0.1, -0.05) is 19.2 Å². The zero-order valence-electron chi connectivity index (χ0n) is 9.93. The summed E-state index contributed by atoms with van der Waals surface area (Å²) >= 11 is 0. The first-order chi connectivity index (χ1) is 7.70. The van der Waals surface area contributed by atoms with Gasteiger partial charge in [0.2, 0.25) is 0 Å². The van der Waals surface area contributed by atoms with Crippen LogP contribution in [0.3, 0.4) is 0 Å². The first kappa shape index (κ1) is 12.1. The molecule has 0 saturated heterocycles. The highest BCUT2D eigenvalue weighted by Gasteiger charge is 2.18. The maximum absolute atomic E-state index is 3.75. The Balaban J connectivity index is 3.29. The first-order valence-electron chi connectivity index (χ1n) is 5.17. The molecule has 0 unspecified atom stereocenters. The Morgan fingerprint density at radius 3 is 2.62 bits per heavy atom. The summed E-state index contributed by atoms with van der Waals surface area (Å²) in [5.41, 5.74) is 2.21. The number of hydrogen-bond donors (Lipinski definition) is 0. The molecule has 0 fully saturated rings. The molecule has 1 aromatic heterocycles. The van der Waals surface area contributed by atoms with E-state index in [-0.39, 0.29) is 0 Å². The van der Waals surface area contributed by atoms with Crippen molar-refractivity contribution in [2.75, 3.05) is 7.05 Å². The van der Waals surface area contributed by atoms with E-state index in [0.29, 0.717) is 0 Å². The molecule has 2 heteroatoms. The minimum absolute atomic E-state index is 1.08. The Labute approximate surface area is 97.2 Å². The zero-order valence-corrected chi connectivity index (χ0v) is 9.93. The van der Waals surface area contributed by atoms with Crippen LogP contribution in [-0.4, -0.2) is 17.8 Å². The molecule has 0 amide bonds. The fraction of sp³-hybridized carbons (Fsp3) is 0.143. The van der Waals surface area contributed by atoms with Crippen molar-refractivity contribution in [3.63, 3.8) is 0 Å². The average Bonchev–Trinajstić information content (AvgIpc) is 2.27. The molecular formula is C14H18N2+2. The summed E-state index contributed by atoms with van der Waals surface area (Å²) in [7, 11) is 4.01. The third-order valence-electron chi connectivity index (χ3n) is 2.30. The van der Waals surface area contributed by atoms with Gasteiger partial charge in [-0.2, -0.15) is 9.14 Å². The molecule has 0 saturated carbocycles. The Morgan fingerprint density at radius 2 is 2.06 bits per heavy atom. The molecule has 1 heterocycles. The molecule has 0 aliphatic heterocycles. The summed E-state index contributed by atoms with van der Waals surface area (Å²) in [5, 5.41) is 0. The number of pyridine rings is 1. The monoisotopic (exact) mass is 214 g/mol. The molecule has 2 nitrogen and oxygen atoms in total. The molecule has 16 heavy (non-hydrogen) atoms. The van der Waals surface area contributed by atoms with Crippen LogP contribution in [0.2, 0.25) is 0 Å². The van der Waals surface area contributed by atoms with Gasteiger partial charge in [-0.3, -0.25) is 0 Å². The molecule has 0 radical (unpaired) electrons. The van der Waals surface area contributed by atoms with Crippen LogP contribution in [0.4, 0.5) is 0 Å². The Morgan fingerprint density at radius 1 is 1.31 bits per heavy atom. The predicted octanol–water partition coefficient (Wildman–Crippen LogP) is 1.94. The molecule has 1 rings (SSSR count). The number of rotatable bonds is 4. The summed E-state index contributed by atoms with van der Waals surface area (Å²) in [6.07, 6.45) is 9.47. The third-order valence-corrected chi connectivity index (χ3v) is 2.30. The molecule has 0 bridgehead atoms. The van der Waals surface area contributed by atoms with E-state index >= 15 is 0 Å². The summed E-state index contributed by atoms with van der Waals surface area (Å²) in [6, 6.07) is 6.10. The van der Waals surface area contributed by atoms with Gasteiger partial charge in [0.05, 0.1) is 0 Å². The van der Waals surface area contributed by atoms with Gasteiger partial charge >= 0.3 is 0 Å². The second-order valence-corrected chi connectivity index (χ2v) is 3.48. The van der Waals surface area contributed by atoms with Crippen LogP contribution in [0, 0.1) is 0 Å². The quantitative estimate of drug-likeness (QED) is 0.411. The summed E-state index contributed by atoms with van der Waals surface area (Å²) in [5.74, 6) is 0. The maximum Gasteiger partial charge on any atom is 0.277 e. The van der Waals surface area contributed by atoms with Gasteiger partial charge in [0.1, 0.15) is 14.1 Å². The zero-order chi connectivity index (χ0) is 12.0. The molecule has 82 valence electrons. The van der Waals surface area contributed by atoms with Gasteiger partial charge in [-0.25, -0.2) is 0 Å². The van der Waals surface area contributed by atoms with Crippen molar-refractivity contribution in [2.24, 2.45) is 7.05 Å². The van der Waals surface area contributed by atoms with Crippen molar-refractivity contribution in [1.29, 1.82) is 0 Å². The number of allylic oxidation sites excluding steroid dienone is 3. The topological polar surface area (TPSA) is 6.89 Å². The van der Waals surface area contributed by atoms with Crippen LogP contribution < -0.4 is 4.57 Å². The minimum atomic E-state index is 1.08. The average molecular weight is 214 g/mol. The minimum Gasteiger partial charge on any atom is -0.196 e. The van der Waals surface area contributed by atoms with Crippen LogP contribution >= 0.6 is 0 Å². The molecular weight excluding hydrogens is 196 g/mol. The molecule has 0 atom stereocenters. The highest BCUT2D eigenvalue weighted by Crippen LogP contribution is 2.09. The maximum atomic E-state index is 3.75. The second kappa shape index (κ2) is 5.81. The van der Waals surface area contributed by atoms with Gasteiger partial charge in [0.25, 0.3) is 11.4 Å². The lowest BCUT2D eigenvalue weighted by atomic mass is 10.2. The van der Waals surface area contributed by atoms with Crippen LogP contribution in [0.25, 0.3) is 5.70 Å². The van der Waals surface area contributed by atoms with Crippen LogP contribution in [0.5, 0.6) is 0 Å². The predicted molar refractivity (Wildman–Crippen MR) is 68.2 cm³/mol. The molecule has 0 aliphatic rings. The Kier molecular flexibility index (Phi) is 4.40. The van der Waals surface area contributed by atoms with Crippen LogP contribution in [0.1, 0.15) is 5.69 Å². The lowest BCUT2D eigenvalue weighted by Gasteiger charge is -1.99. The summed E-state index contributed by atoms with van der Waals surface area (Å²) in [4.78, 5) is 0. The molecule has 0 spiro atoms. The Hall–Kier alpha value is -1.96. The van der Waals surface area contributed by atoms with Gasteiger partial charge in [-0.15, -0.1) is 0 Å². The van der Waals surface area contributed by atoms with E-state index in [2.05, 4.69) is 23.8 Å². The van der Waals surface area contributed by atoms with Crippen molar-refractivity contribution >= 4 is 11.9 Å². The van der Waals surface area contributed by atoms with E-state index in [1.807, 2.05) is 49.3 Å². The number of nitrogens with zero attached hydrogens (tertiary/aromatic N) is 2. The normalized spacial score (nSPS) is 12.4. The van der Waals surface area contributed by atoms with E-state index in [4.69, 9.17) is 0 Å². The standard InChI is InChI=1S/C14H18N2/c1-5-9-13(15(3)11-6-2)14-10-7-8-12-16(14)4/h5-12H,1-2H2,3-4H3/q+2/b13-9-,15-11?. The summed E-state index contributed by atoms with van der Waals surface area (Å²) < 4.78 is 4.09. The van der Waals surface area contributed by atoms with Gasteiger partial charge in [-0.05, 0) is 12.1 Å². The molecule has 1 aromatic rings. The molecule has 0 aliphatic carbocycles. The SMILES string of the molecule is C=CC=[N+](C)/C(=C\C=C)c1cccc[n+]1C. The van der Waals surface area contributed by atoms with Crippen LogP contribution in [-0.2, 0) is 7.05 Å². The van der Waals surface area contributed by atoms with Crippen molar-refractivity contribution in [2.45, 2.75) is 0 Å². The highest BCUT2D eigenvalue weighted by molar-refractivity contribution is 5.69. The molecule has 0 aromatic carbocycles. The highest BCUT2D eigenvalue weighted by atomic mass is 15.0.